The normalized spacial score (nSPS) is 18.5. The second-order valence-electron chi connectivity index (χ2n) is 14.3. The third-order valence-electron chi connectivity index (χ3n) is 9.57. The van der Waals surface area contributed by atoms with E-state index < -0.39 is 151 Å². The first-order valence-electron chi connectivity index (χ1n) is 19.3. The molecule has 342 valence electrons. The number of aliphatic hydroxyl groups is 2. The molecule has 1 fully saturated rings. The largest absolute Gasteiger partial charge is 0.610 e. The van der Waals surface area contributed by atoms with Crippen LogP contribution < -0.4 is 43.0 Å². The molecule has 0 spiro atoms. The second kappa shape index (κ2) is 26.6. The maximum Gasteiger partial charge on any atom is 0.293 e. The molecule has 1 aliphatic rings. The van der Waals surface area contributed by atoms with Crippen molar-refractivity contribution in [3.63, 3.8) is 0 Å². The quantitative estimate of drug-likeness (QED) is 0.0260. The summed E-state index contributed by atoms with van der Waals surface area (Å²) in [5.41, 5.74) is 5.83. The van der Waals surface area contributed by atoms with E-state index in [9.17, 15) is 62.7 Å². The van der Waals surface area contributed by atoms with Crippen LogP contribution >= 0.6 is 0 Å². The Balaban J connectivity index is 3.36. The molecular weight excluding hydrogens is 827 g/mol. The number of hydrogen-bond donors (Lipinski definition) is 10. The Morgan fingerprint density at radius 3 is 2.13 bits per heavy atom. The molecule has 1 aliphatic heterocycles. The first-order valence-corrected chi connectivity index (χ1v) is 20.6. The van der Waals surface area contributed by atoms with Crippen LogP contribution in [0.5, 0.6) is 0 Å². The smallest absolute Gasteiger partial charge is 0.293 e. The number of β-amino-alcohol motifs (C(OH)–C–C–N with tert-alkyl or cyclic N) is 1. The summed E-state index contributed by atoms with van der Waals surface area (Å²) >= 11 is -2.12. The number of primary amides is 1. The van der Waals surface area contributed by atoms with Gasteiger partial charge in [0.05, 0.1) is 37.8 Å². The fraction of sp³-hybridized carbons (Fsp3) is 0.622. The van der Waals surface area contributed by atoms with Gasteiger partial charge in [-0.3, -0.25) is 43.2 Å². The zero-order chi connectivity index (χ0) is 46.6. The van der Waals surface area contributed by atoms with Gasteiger partial charge in [-0.1, -0.05) is 40.7 Å². The number of allylic oxidation sites excluding steroid dienone is 1. The maximum atomic E-state index is 14.0. The first kappa shape index (κ1) is 53.4. The SMILES string of the molecule is C=C(CC)NC(=C)[S@+]([O-])CC(NC(=O)CNC(=O)[C@@H](NC(=O)CNC(C)=O)[C@@H](C)CC)C(=O)N[C@@H](CC(N)=O)C(=O)N1C[C@H](O)C[C@H]1C(=O)N[C@H](C=O)[C@@H](C)[C@@H](O)COC=O. The highest BCUT2D eigenvalue weighted by Gasteiger charge is 2.43. The molecule has 1 heterocycles. The van der Waals surface area contributed by atoms with Crippen LogP contribution in [0.2, 0.25) is 0 Å². The number of likely N-dealkylation sites (tertiary alicyclic amines) is 1. The first-order chi connectivity index (χ1) is 28.6. The summed E-state index contributed by atoms with van der Waals surface area (Å²) in [5, 5.41) is 37.5. The van der Waals surface area contributed by atoms with Crippen molar-refractivity contribution in [2.45, 2.75) is 103 Å². The molecule has 1 unspecified atom stereocenters. The summed E-state index contributed by atoms with van der Waals surface area (Å²) in [4.78, 5) is 127. The van der Waals surface area contributed by atoms with Gasteiger partial charge in [0.15, 0.2) is 6.04 Å². The Labute approximate surface area is 356 Å². The topological polar surface area (TPSA) is 357 Å². The number of carbonyl (C=O) groups excluding carboxylic acids is 10. The molecule has 0 bridgehead atoms. The van der Waals surface area contributed by atoms with Crippen LogP contribution in [0.4, 0.5) is 0 Å². The van der Waals surface area contributed by atoms with Crippen molar-refractivity contribution in [1.82, 2.24) is 42.1 Å². The van der Waals surface area contributed by atoms with Crippen LogP contribution in [-0.2, 0) is 63.9 Å². The van der Waals surface area contributed by atoms with Crippen molar-refractivity contribution in [2.75, 3.05) is 32.0 Å². The van der Waals surface area contributed by atoms with Gasteiger partial charge in [-0.15, -0.1) is 0 Å². The zero-order valence-electron chi connectivity index (χ0n) is 34.9. The predicted octanol–water partition coefficient (Wildman–Crippen LogP) is -4.84. The molecule has 1 rings (SSSR count). The Hall–Kier alpha value is -5.59. The van der Waals surface area contributed by atoms with E-state index in [2.05, 4.69) is 55.1 Å². The van der Waals surface area contributed by atoms with Gasteiger partial charge in [0, 0.05) is 42.7 Å². The highest BCUT2D eigenvalue weighted by molar-refractivity contribution is 7.95. The molecule has 24 heteroatoms. The van der Waals surface area contributed by atoms with Crippen LogP contribution in [0, 0.1) is 11.8 Å². The van der Waals surface area contributed by atoms with Crippen molar-refractivity contribution < 1.29 is 67.4 Å². The number of hydrogen-bond acceptors (Lipinski definition) is 15. The average Bonchev–Trinajstić information content (AvgIpc) is 3.61. The molecule has 23 nitrogen and oxygen atoms in total. The molecule has 0 aromatic carbocycles. The molecule has 61 heavy (non-hydrogen) atoms. The van der Waals surface area contributed by atoms with Crippen LogP contribution in [0.1, 0.15) is 60.3 Å². The van der Waals surface area contributed by atoms with E-state index in [1.165, 1.54) is 13.8 Å². The number of aliphatic hydroxyl groups excluding tert-OH is 2. The predicted molar refractivity (Wildman–Crippen MR) is 217 cm³/mol. The Morgan fingerprint density at radius 1 is 0.951 bits per heavy atom. The van der Waals surface area contributed by atoms with E-state index in [0.717, 1.165) is 4.90 Å². The summed E-state index contributed by atoms with van der Waals surface area (Å²) in [6, 6.07) is -7.51. The van der Waals surface area contributed by atoms with E-state index in [1.807, 2.05) is 0 Å². The van der Waals surface area contributed by atoms with Gasteiger partial charge in [-0.25, -0.2) is 0 Å². The molecule has 0 aliphatic carbocycles. The third kappa shape index (κ3) is 18.3. The molecule has 8 amide bonds. The van der Waals surface area contributed by atoms with Crippen LogP contribution in [-0.4, -0.2) is 154 Å². The number of nitrogens with zero attached hydrogens (tertiary/aromatic N) is 1. The van der Waals surface area contributed by atoms with Gasteiger partial charge in [-0.05, 0) is 18.9 Å². The zero-order valence-corrected chi connectivity index (χ0v) is 35.7. The van der Waals surface area contributed by atoms with Gasteiger partial charge in [-0.2, -0.15) is 0 Å². The van der Waals surface area contributed by atoms with Gasteiger partial charge < -0.3 is 72.1 Å². The number of rotatable bonds is 28. The Kier molecular flexibility index (Phi) is 23.3. The summed E-state index contributed by atoms with van der Waals surface area (Å²) in [6.07, 6.45) is -2.70. The van der Waals surface area contributed by atoms with Gasteiger partial charge >= 0.3 is 0 Å². The van der Waals surface area contributed by atoms with Gasteiger partial charge in [0.25, 0.3) is 6.47 Å². The average molecular weight is 886 g/mol. The summed E-state index contributed by atoms with van der Waals surface area (Å²) in [6.45, 7) is 13.1. The molecule has 0 saturated carbocycles. The standard InChI is InChI=1S/C37H59N9O14S/c1-8-19(3)33(45-32(54)12-39-22(6)49)36(57)40-13-31(53)42-27(17-61(59)23(7)41-20(4)9-2)34(55)43-25(11-30(38)52)37(58)46-14-24(50)10-28(46)35(56)44-26(15-47)21(5)29(51)16-60-18-48/h15,18-19,21,24-29,33,41,50-51H,4,7-14,16-17H2,1-3,5-6H3,(H2,38,52)(H,39,49)(H,40,57)(H,42,53)(H,43,55)(H,44,56)(H,45,54)/t19-,21+,24+,25-,26+,27?,28-,29-,33-,61+/m0/s1. The number of ether oxygens (including phenoxy) is 1. The van der Waals surface area contributed by atoms with E-state index in [0.29, 0.717) is 24.8 Å². The van der Waals surface area contributed by atoms with E-state index in [1.54, 1.807) is 20.8 Å². The Morgan fingerprint density at radius 2 is 1.57 bits per heavy atom. The molecule has 0 aromatic heterocycles. The minimum atomic E-state index is -2.12. The van der Waals surface area contributed by atoms with Crippen LogP contribution in [0.25, 0.3) is 0 Å². The number of nitrogens with two attached hydrogens (primary N) is 1. The number of nitrogens with one attached hydrogen (secondary N) is 7. The monoisotopic (exact) mass is 885 g/mol. The van der Waals surface area contributed by atoms with Crippen molar-refractivity contribution in [3.8, 4) is 0 Å². The van der Waals surface area contributed by atoms with Gasteiger partial charge in [0.2, 0.25) is 52.3 Å². The number of aldehydes is 1. The lowest BCUT2D eigenvalue weighted by Crippen LogP contribution is -2.60. The number of carbonyl (C=O) groups is 10. The highest BCUT2D eigenvalue weighted by Crippen LogP contribution is 2.21. The molecule has 11 N–H and O–H groups in total. The molecular formula is C37H59N9O14S. The lowest BCUT2D eigenvalue weighted by molar-refractivity contribution is -0.143. The van der Waals surface area contributed by atoms with E-state index in [-0.39, 0.29) is 17.9 Å². The number of amides is 8. The lowest BCUT2D eigenvalue weighted by atomic mass is 9.96. The van der Waals surface area contributed by atoms with Crippen molar-refractivity contribution >= 4 is 71.2 Å². The molecule has 0 radical (unpaired) electrons. The van der Waals surface area contributed by atoms with Crippen LogP contribution in [0.15, 0.2) is 23.9 Å². The summed E-state index contributed by atoms with van der Waals surface area (Å²) in [7, 11) is 0. The fourth-order valence-electron chi connectivity index (χ4n) is 5.69. The van der Waals surface area contributed by atoms with Gasteiger partial charge in [0.1, 0.15) is 36.8 Å². The third-order valence-corrected chi connectivity index (χ3v) is 10.9. The van der Waals surface area contributed by atoms with Crippen molar-refractivity contribution in [2.24, 2.45) is 17.6 Å². The van der Waals surface area contributed by atoms with E-state index in [4.69, 9.17) is 5.73 Å². The fourth-order valence-corrected chi connectivity index (χ4v) is 6.69. The van der Waals surface area contributed by atoms with Crippen molar-refractivity contribution in [3.05, 3.63) is 23.9 Å². The van der Waals surface area contributed by atoms with E-state index >= 15 is 0 Å². The highest BCUT2D eigenvalue weighted by atomic mass is 32.2. The summed E-state index contributed by atoms with van der Waals surface area (Å²) < 4.78 is 17.8. The minimum Gasteiger partial charge on any atom is -0.610 e. The Bertz CT molecular complexity index is 1630. The molecule has 0 aromatic rings. The maximum absolute atomic E-state index is 14.0. The lowest BCUT2D eigenvalue weighted by Gasteiger charge is -2.31. The van der Waals surface area contributed by atoms with Crippen molar-refractivity contribution in [1.29, 1.82) is 0 Å². The van der Waals surface area contributed by atoms with Crippen LogP contribution in [0.3, 0.4) is 0 Å². The minimum absolute atomic E-state index is 0.0810. The second-order valence-corrected chi connectivity index (χ2v) is 15.9. The molecule has 1 saturated heterocycles. The summed E-state index contributed by atoms with van der Waals surface area (Å²) in [5.74, 6) is -9.30. The molecule has 10 atom stereocenters.